The zero-order valence-corrected chi connectivity index (χ0v) is 19.7. The zero-order valence-electron chi connectivity index (χ0n) is 19.7. The Morgan fingerprint density at radius 2 is 2.00 bits per heavy atom. The fourth-order valence-corrected chi connectivity index (χ4v) is 8.25. The van der Waals surface area contributed by atoms with Crippen molar-refractivity contribution in [3.05, 3.63) is 23.3 Å². The Morgan fingerprint density at radius 1 is 1.19 bits per heavy atom. The van der Waals surface area contributed by atoms with E-state index in [1.54, 1.807) is 0 Å². The van der Waals surface area contributed by atoms with Crippen LogP contribution in [0.3, 0.4) is 0 Å². The van der Waals surface area contributed by atoms with E-state index in [1.165, 1.54) is 17.5 Å². The maximum absolute atomic E-state index is 13.4. The Morgan fingerprint density at radius 3 is 2.78 bits per heavy atom. The molecule has 6 heteroatoms. The second-order valence-corrected chi connectivity index (χ2v) is 10.7. The van der Waals surface area contributed by atoms with Gasteiger partial charge in [0.2, 0.25) is 5.91 Å². The summed E-state index contributed by atoms with van der Waals surface area (Å²) < 4.78 is 6.78. The number of carbonyl (C=O) groups is 1. The fraction of sp³-hybridized carbons (Fsp3) is 0.731. The summed E-state index contributed by atoms with van der Waals surface area (Å²) in [4.78, 5) is 20.5. The van der Waals surface area contributed by atoms with Crippen LogP contribution in [0.2, 0.25) is 0 Å². The highest BCUT2D eigenvalue weighted by atomic mass is 16.5. The summed E-state index contributed by atoms with van der Waals surface area (Å²) in [5, 5.41) is 10.8. The standard InChI is InChI=1S/C26H37N3O3/c1-4-28(5-2)25(31)19-7-6-13-29(19)18-10-9-17-20-15-16-8-11-21(30)23-22(16)26(17,24(18)32-23)12-14-27(20)3/h8,11,17-20,24,30H,4-7,9-10,12-15H2,1-3H3/t17-,18+,19-,20-,24-,26-/m0/s1. The molecule has 3 heterocycles. The molecule has 174 valence electrons. The Labute approximate surface area is 191 Å². The zero-order chi connectivity index (χ0) is 22.2. The Kier molecular flexibility index (Phi) is 4.78. The number of amides is 1. The monoisotopic (exact) mass is 439 g/mol. The van der Waals surface area contributed by atoms with Gasteiger partial charge in [0, 0.05) is 36.2 Å². The van der Waals surface area contributed by atoms with Crippen LogP contribution in [0.5, 0.6) is 11.5 Å². The maximum Gasteiger partial charge on any atom is 0.239 e. The van der Waals surface area contributed by atoms with Crippen LogP contribution in [0.1, 0.15) is 57.1 Å². The molecule has 1 aromatic rings. The Balaban J connectivity index is 1.41. The van der Waals surface area contributed by atoms with Gasteiger partial charge in [0.25, 0.3) is 0 Å². The van der Waals surface area contributed by atoms with Crippen molar-refractivity contribution in [1.82, 2.24) is 14.7 Å². The molecule has 2 bridgehead atoms. The van der Waals surface area contributed by atoms with Gasteiger partial charge in [-0.1, -0.05) is 6.07 Å². The average molecular weight is 440 g/mol. The number of likely N-dealkylation sites (tertiary alicyclic amines) is 2. The topological polar surface area (TPSA) is 56.2 Å². The van der Waals surface area contributed by atoms with E-state index in [1.807, 2.05) is 11.0 Å². The summed E-state index contributed by atoms with van der Waals surface area (Å²) in [7, 11) is 2.28. The van der Waals surface area contributed by atoms with Crippen LogP contribution in [-0.4, -0.2) is 83.2 Å². The lowest BCUT2D eigenvalue weighted by Crippen LogP contribution is -2.69. The number of carbonyl (C=O) groups excluding carboxylic acids is 1. The third-order valence-corrected chi connectivity index (χ3v) is 9.64. The fourth-order valence-electron chi connectivity index (χ4n) is 8.25. The van der Waals surface area contributed by atoms with Crippen molar-refractivity contribution in [2.45, 2.75) is 82.0 Å². The third kappa shape index (κ3) is 2.57. The number of phenols is 1. The number of likely N-dealkylation sites (N-methyl/N-ethyl adjacent to an activating group) is 2. The van der Waals surface area contributed by atoms with E-state index in [-0.39, 0.29) is 29.5 Å². The first-order valence-electron chi connectivity index (χ1n) is 12.8. The summed E-state index contributed by atoms with van der Waals surface area (Å²) >= 11 is 0. The minimum Gasteiger partial charge on any atom is -0.504 e. The summed E-state index contributed by atoms with van der Waals surface area (Å²) in [6, 6.07) is 4.72. The maximum atomic E-state index is 13.4. The minimum atomic E-state index is -0.0288. The van der Waals surface area contributed by atoms with Crippen LogP contribution in [0, 0.1) is 5.92 Å². The second kappa shape index (κ2) is 7.36. The molecule has 1 saturated carbocycles. The van der Waals surface area contributed by atoms with E-state index in [9.17, 15) is 9.90 Å². The van der Waals surface area contributed by atoms with Crippen LogP contribution in [-0.2, 0) is 16.6 Å². The van der Waals surface area contributed by atoms with Gasteiger partial charge < -0.3 is 19.6 Å². The molecule has 5 aliphatic rings. The van der Waals surface area contributed by atoms with Crippen LogP contribution in [0.25, 0.3) is 0 Å². The number of ether oxygens (including phenoxy) is 1. The lowest BCUT2D eigenvalue weighted by molar-refractivity contribution is -0.139. The highest BCUT2D eigenvalue weighted by Gasteiger charge is 2.66. The van der Waals surface area contributed by atoms with Gasteiger partial charge in [-0.3, -0.25) is 9.69 Å². The van der Waals surface area contributed by atoms with Gasteiger partial charge in [0.15, 0.2) is 11.5 Å². The van der Waals surface area contributed by atoms with Gasteiger partial charge in [-0.15, -0.1) is 0 Å². The molecule has 1 amide bonds. The molecule has 1 spiro atoms. The number of hydrogen-bond donors (Lipinski definition) is 1. The molecule has 0 unspecified atom stereocenters. The number of piperidine rings is 1. The van der Waals surface area contributed by atoms with Gasteiger partial charge in [0.05, 0.1) is 6.04 Å². The molecular formula is C26H37N3O3. The first kappa shape index (κ1) is 20.8. The predicted octanol–water partition coefficient (Wildman–Crippen LogP) is 2.76. The van der Waals surface area contributed by atoms with Gasteiger partial charge in [0.1, 0.15) is 6.10 Å². The number of benzene rings is 1. The molecule has 6 atom stereocenters. The van der Waals surface area contributed by atoms with Gasteiger partial charge >= 0.3 is 0 Å². The summed E-state index contributed by atoms with van der Waals surface area (Å²) in [5.41, 5.74) is 2.66. The van der Waals surface area contributed by atoms with Crippen molar-refractivity contribution in [3.63, 3.8) is 0 Å². The molecule has 3 aliphatic heterocycles. The average Bonchev–Trinajstić information content (AvgIpc) is 3.41. The van der Waals surface area contributed by atoms with E-state index < -0.39 is 0 Å². The number of hydrogen-bond acceptors (Lipinski definition) is 5. The molecule has 32 heavy (non-hydrogen) atoms. The van der Waals surface area contributed by atoms with Crippen LogP contribution >= 0.6 is 0 Å². The summed E-state index contributed by atoms with van der Waals surface area (Å²) in [5.74, 6) is 1.89. The van der Waals surface area contributed by atoms with Crippen molar-refractivity contribution in [2.75, 3.05) is 33.2 Å². The van der Waals surface area contributed by atoms with Crippen molar-refractivity contribution in [3.8, 4) is 11.5 Å². The van der Waals surface area contributed by atoms with Gasteiger partial charge in [-0.2, -0.15) is 0 Å². The van der Waals surface area contributed by atoms with Gasteiger partial charge in [-0.05, 0) is 90.1 Å². The predicted molar refractivity (Wildman–Crippen MR) is 123 cm³/mol. The highest BCUT2D eigenvalue weighted by Crippen LogP contribution is 2.64. The third-order valence-electron chi connectivity index (χ3n) is 9.64. The van der Waals surface area contributed by atoms with Crippen LogP contribution < -0.4 is 4.74 Å². The largest absolute Gasteiger partial charge is 0.504 e. The molecular weight excluding hydrogens is 402 g/mol. The lowest BCUT2D eigenvalue weighted by Gasteiger charge is -2.60. The van der Waals surface area contributed by atoms with Gasteiger partial charge in [-0.25, -0.2) is 0 Å². The Bertz CT molecular complexity index is 931. The first-order valence-corrected chi connectivity index (χ1v) is 12.8. The van der Waals surface area contributed by atoms with Crippen molar-refractivity contribution in [1.29, 1.82) is 0 Å². The molecule has 6 nitrogen and oxygen atoms in total. The normalized spacial score (nSPS) is 37.8. The van der Waals surface area contributed by atoms with E-state index in [0.29, 0.717) is 17.7 Å². The van der Waals surface area contributed by atoms with E-state index in [2.05, 4.69) is 36.8 Å². The number of nitrogens with zero attached hydrogens (tertiary/aromatic N) is 3. The van der Waals surface area contributed by atoms with E-state index >= 15 is 0 Å². The molecule has 0 aromatic heterocycles. The quantitative estimate of drug-likeness (QED) is 0.782. The number of rotatable bonds is 4. The molecule has 1 aromatic carbocycles. The summed E-state index contributed by atoms with van der Waals surface area (Å²) in [6.07, 6.45) is 6.45. The number of phenolic OH excluding ortho intramolecular Hbond substituents is 1. The van der Waals surface area contributed by atoms with Crippen molar-refractivity contribution >= 4 is 5.91 Å². The molecule has 0 radical (unpaired) electrons. The summed E-state index contributed by atoms with van der Waals surface area (Å²) in [6.45, 7) is 7.74. The molecule has 2 saturated heterocycles. The lowest BCUT2D eigenvalue weighted by atomic mass is 9.51. The highest BCUT2D eigenvalue weighted by molar-refractivity contribution is 5.82. The van der Waals surface area contributed by atoms with Crippen molar-refractivity contribution < 1.29 is 14.6 Å². The second-order valence-electron chi connectivity index (χ2n) is 10.7. The van der Waals surface area contributed by atoms with Crippen molar-refractivity contribution in [2.24, 2.45) is 5.92 Å². The molecule has 6 rings (SSSR count). The van der Waals surface area contributed by atoms with E-state index in [0.717, 1.165) is 64.0 Å². The molecule has 1 N–H and O–H groups in total. The van der Waals surface area contributed by atoms with Crippen LogP contribution in [0.15, 0.2) is 12.1 Å². The minimum absolute atomic E-state index is 0.0207. The Hall–Kier alpha value is -1.79. The van der Waals surface area contributed by atoms with Crippen LogP contribution in [0.4, 0.5) is 0 Å². The smallest absolute Gasteiger partial charge is 0.239 e. The molecule has 3 fully saturated rings. The van der Waals surface area contributed by atoms with E-state index in [4.69, 9.17) is 4.74 Å². The SMILES string of the molecule is CCN(CC)C(=O)[C@@H]1CCCN1[C@@H]1CC[C@H]2[C@@H]3Cc4ccc(O)c5c4[C@@]2(CCN3C)[C@H]1O5. The number of aromatic hydroxyl groups is 1. The first-order chi connectivity index (χ1) is 15.5. The molecule has 2 aliphatic carbocycles.